The molecule has 0 amide bonds. The number of benzene rings is 1. The van der Waals surface area contributed by atoms with Crippen LogP contribution in [0.1, 0.15) is 17.0 Å². The van der Waals surface area contributed by atoms with E-state index in [1.807, 2.05) is 26.1 Å². The van der Waals surface area contributed by atoms with Crippen molar-refractivity contribution >= 4 is 11.6 Å². The molecule has 20 heavy (non-hydrogen) atoms. The quantitative estimate of drug-likeness (QED) is 0.917. The van der Waals surface area contributed by atoms with E-state index in [1.54, 1.807) is 6.07 Å². The Balaban J connectivity index is 2.11. The minimum absolute atomic E-state index is 0.113. The molecular formula is C15H16ClFN2O. The summed E-state index contributed by atoms with van der Waals surface area (Å²) in [5.41, 5.74) is 2.49. The zero-order valence-corrected chi connectivity index (χ0v) is 12.2. The monoisotopic (exact) mass is 294 g/mol. The average Bonchev–Trinajstić information content (AvgIpc) is 2.42. The van der Waals surface area contributed by atoms with Gasteiger partial charge in [0, 0.05) is 12.2 Å². The summed E-state index contributed by atoms with van der Waals surface area (Å²) in [5, 5.41) is 3.16. The van der Waals surface area contributed by atoms with Gasteiger partial charge in [-0.1, -0.05) is 17.7 Å². The Bertz CT molecular complexity index is 604. The lowest BCUT2D eigenvalue weighted by atomic mass is 10.2. The highest BCUT2D eigenvalue weighted by molar-refractivity contribution is 6.30. The van der Waals surface area contributed by atoms with Gasteiger partial charge in [-0.05, 0) is 43.8 Å². The maximum absolute atomic E-state index is 13.3. The lowest BCUT2D eigenvalue weighted by Gasteiger charge is -2.11. The zero-order valence-electron chi connectivity index (χ0n) is 11.4. The Kier molecular flexibility index (Phi) is 4.93. The number of ether oxygens (including phenoxy) is 1. The lowest BCUT2D eigenvalue weighted by Crippen LogP contribution is -2.10. The van der Waals surface area contributed by atoms with E-state index >= 15 is 0 Å². The van der Waals surface area contributed by atoms with Crippen molar-refractivity contribution in [2.45, 2.75) is 20.1 Å². The van der Waals surface area contributed by atoms with E-state index in [-0.39, 0.29) is 11.6 Å². The number of nitrogens with one attached hydrogen (secondary N) is 1. The molecule has 2 rings (SSSR count). The molecule has 1 heterocycles. The van der Waals surface area contributed by atoms with Crippen LogP contribution >= 0.6 is 11.6 Å². The maximum atomic E-state index is 13.3. The van der Waals surface area contributed by atoms with Crippen LogP contribution in [-0.2, 0) is 13.2 Å². The number of pyridine rings is 1. The fraction of sp³-hybridized carbons (Fsp3) is 0.267. The van der Waals surface area contributed by atoms with Crippen molar-refractivity contribution < 1.29 is 9.13 Å². The summed E-state index contributed by atoms with van der Waals surface area (Å²) >= 11 is 5.65. The molecule has 0 fully saturated rings. The summed E-state index contributed by atoms with van der Waals surface area (Å²) in [4.78, 5) is 4.42. The number of rotatable bonds is 5. The molecule has 2 aromatic rings. The van der Waals surface area contributed by atoms with E-state index in [0.717, 1.165) is 17.0 Å². The first-order valence-corrected chi connectivity index (χ1v) is 6.66. The molecule has 1 aromatic carbocycles. The van der Waals surface area contributed by atoms with E-state index in [9.17, 15) is 4.39 Å². The van der Waals surface area contributed by atoms with Crippen molar-refractivity contribution in [3.05, 3.63) is 58.1 Å². The van der Waals surface area contributed by atoms with Gasteiger partial charge < -0.3 is 10.1 Å². The molecule has 0 spiro atoms. The maximum Gasteiger partial charge on any atom is 0.142 e. The molecule has 1 N–H and O–H groups in total. The molecular weight excluding hydrogens is 279 g/mol. The minimum Gasteiger partial charge on any atom is -0.487 e. The van der Waals surface area contributed by atoms with Crippen LogP contribution in [-0.4, -0.2) is 12.0 Å². The standard InChI is InChI=1S/C15H16ClFN2O/c1-10-3-6-15(14(19-10)8-18-2)20-9-11-4-5-12(16)13(17)7-11/h3-7,18H,8-9H2,1-2H3. The first-order chi connectivity index (χ1) is 9.60. The predicted molar refractivity (Wildman–Crippen MR) is 77.5 cm³/mol. The number of aryl methyl sites for hydroxylation is 1. The molecule has 0 saturated heterocycles. The van der Waals surface area contributed by atoms with Crippen LogP contribution in [0, 0.1) is 12.7 Å². The van der Waals surface area contributed by atoms with Gasteiger partial charge >= 0.3 is 0 Å². The minimum atomic E-state index is -0.440. The molecule has 0 aliphatic heterocycles. The molecule has 0 aliphatic carbocycles. The summed E-state index contributed by atoms with van der Waals surface area (Å²) in [5.74, 6) is 0.255. The van der Waals surface area contributed by atoms with Crippen molar-refractivity contribution in [2.75, 3.05) is 7.05 Å². The van der Waals surface area contributed by atoms with Crippen molar-refractivity contribution in [1.82, 2.24) is 10.3 Å². The fourth-order valence-corrected chi connectivity index (χ4v) is 1.93. The third kappa shape index (κ3) is 3.68. The third-order valence-corrected chi connectivity index (χ3v) is 3.10. The van der Waals surface area contributed by atoms with Crippen molar-refractivity contribution in [3.8, 4) is 5.75 Å². The van der Waals surface area contributed by atoms with Gasteiger partial charge in [0.25, 0.3) is 0 Å². The summed E-state index contributed by atoms with van der Waals surface area (Å²) in [6.07, 6.45) is 0. The van der Waals surface area contributed by atoms with E-state index in [1.165, 1.54) is 12.1 Å². The number of hydrogen-bond acceptors (Lipinski definition) is 3. The predicted octanol–water partition coefficient (Wildman–Crippen LogP) is 3.48. The normalized spacial score (nSPS) is 10.6. The molecule has 106 valence electrons. The molecule has 0 unspecified atom stereocenters. The third-order valence-electron chi connectivity index (χ3n) is 2.79. The van der Waals surface area contributed by atoms with Gasteiger partial charge in [0.15, 0.2) is 0 Å². The lowest BCUT2D eigenvalue weighted by molar-refractivity contribution is 0.300. The van der Waals surface area contributed by atoms with Crippen molar-refractivity contribution in [1.29, 1.82) is 0 Å². The zero-order chi connectivity index (χ0) is 14.5. The summed E-state index contributed by atoms with van der Waals surface area (Å²) in [7, 11) is 1.85. The van der Waals surface area contributed by atoms with E-state index in [0.29, 0.717) is 12.3 Å². The van der Waals surface area contributed by atoms with E-state index < -0.39 is 5.82 Å². The topological polar surface area (TPSA) is 34.2 Å². The number of hydrogen-bond donors (Lipinski definition) is 1. The van der Waals surface area contributed by atoms with Crippen LogP contribution in [0.3, 0.4) is 0 Å². The van der Waals surface area contributed by atoms with Gasteiger partial charge in [-0.25, -0.2) is 4.39 Å². The van der Waals surface area contributed by atoms with Gasteiger partial charge in [0.1, 0.15) is 18.2 Å². The first kappa shape index (κ1) is 14.8. The van der Waals surface area contributed by atoms with Crippen LogP contribution in [0.25, 0.3) is 0 Å². The Morgan fingerprint density at radius 2 is 2.10 bits per heavy atom. The SMILES string of the molecule is CNCc1nc(C)ccc1OCc1ccc(Cl)c(F)c1. The Morgan fingerprint density at radius 1 is 1.30 bits per heavy atom. The van der Waals surface area contributed by atoms with Gasteiger partial charge in [-0.15, -0.1) is 0 Å². The van der Waals surface area contributed by atoms with Crippen LogP contribution < -0.4 is 10.1 Å². The van der Waals surface area contributed by atoms with Crippen molar-refractivity contribution in [3.63, 3.8) is 0 Å². The fourth-order valence-electron chi connectivity index (χ4n) is 1.81. The summed E-state index contributed by atoms with van der Waals surface area (Å²) < 4.78 is 19.1. The van der Waals surface area contributed by atoms with Crippen LogP contribution in [0.4, 0.5) is 4.39 Å². The van der Waals surface area contributed by atoms with Crippen LogP contribution in [0.2, 0.25) is 5.02 Å². The highest BCUT2D eigenvalue weighted by Gasteiger charge is 2.07. The summed E-state index contributed by atoms with van der Waals surface area (Å²) in [6.45, 7) is 2.82. The van der Waals surface area contributed by atoms with E-state index in [4.69, 9.17) is 16.3 Å². The van der Waals surface area contributed by atoms with Gasteiger partial charge in [0.05, 0.1) is 10.7 Å². The second-order valence-corrected chi connectivity index (χ2v) is 4.87. The average molecular weight is 295 g/mol. The first-order valence-electron chi connectivity index (χ1n) is 6.28. The Labute approximate surface area is 122 Å². The van der Waals surface area contributed by atoms with Crippen LogP contribution in [0.5, 0.6) is 5.75 Å². The Morgan fingerprint density at radius 3 is 2.80 bits per heavy atom. The molecule has 1 aromatic heterocycles. The number of nitrogens with zero attached hydrogens (tertiary/aromatic N) is 1. The van der Waals surface area contributed by atoms with Gasteiger partial charge in [0.2, 0.25) is 0 Å². The molecule has 0 atom stereocenters. The molecule has 3 nitrogen and oxygen atoms in total. The summed E-state index contributed by atoms with van der Waals surface area (Å²) in [6, 6.07) is 8.40. The molecule has 0 saturated carbocycles. The van der Waals surface area contributed by atoms with Crippen LogP contribution in [0.15, 0.2) is 30.3 Å². The molecule has 0 radical (unpaired) electrons. The second kappa shape index (κ2) is 6.68. The second-order valence-electron chi connectivity index (χ2n) is 4.46. The molecule has 0 aliphatic rings. The number of halogens is 2. The largest absolute Gasteiger partial charge is 0.487 e. The smallest absolute Gasteiger partial charge is 0.142 e. The van der Waals surface area contributed by atoms with Gasteiger partial charge in [-0.2, -0.15) is 0 Å². The number of aromatic nitrogens is 1. The highest BCUT2D eigenvalue weighted by atomic mass is 35.5. The van der Waals surface area contributed by atoms with Crippen molar-refractivity contribution in [2.24, 2.45) is 0 Å². The molecule has 5 heteroatoms. The van der Waals surface area contributed by atoms with Gasteiger partial charge in [-0.3, -0.25) is 4.98 Å². The highest BCUT2D eigenvalue weighted by Crippen LogP contribution is 2.20. The molecule has 0 bridgehead atoms. The Hall–Kier alpha value is -1.65. The van der Waals surface area contributed by atoms with E-state index in [2.05, 4.69) is 10.3 Å².